The first-order chi connectivity index (χ1) is 9.88. The summed E-state index contributed by atoms with van der Waals surface area (Å²) in [6.07, 6.45) is 6.19. The Balaban J connectivity index is 1.81. The minimum Gasteiger partial charge on any atom is -0.325 e. The molecule has 2 aromatic rings. The minimum absolute atomic E-state index is 0.404. The van der Waals surface area contributed by atoms with Crippen molar-refractivity contribution in [2.45, 2.75) is 25.9 Å². The number of nitrogens with two attached hydrogens (primary N) is 1. The van der Waals surface area contributed by atoms with Crippen molar-refractivity contribution in [3.63, 3.8) is 0 Å². The predicted molar refractivity (Wildman–Crippen MR) is 76.8 cm³/mol. The molecule has 3 rings (SSSR count). The lowest BCUT2D eigenvalue weighted by Crippen LogP contribution is -2.24. The molecule has 0 spiro atoms. The molecule has 0 atom stereocenters. The van der Waals surface area contributed by atoms with Gasteiger partial charge in [-0.2, -0.15) is 0 Å². The highest BCUT2D eigenvalue weighted by atomic mass is 15.4. The summed E-state index contributed by atoms with van der Waals surface area (Å²) in [7, 11) is 0. The van der Waals surface area contributed by atoms with Crippen molar-refractivity contribution in [3.05, 3.63) is 30.2 Å². The van der Waals surface area contributed by atoms with Gasteiger partial charge in [-0.1, -0.05) is 5.21 Å². The Hall–Kier alpha value is -1.79. The summed E-state index contributed by atoms with van der Waals surface area (Å²) in [5.41, 5.74) is 8.72. The van der Waals surface area contributed by atoms with E-state index in [0.29, 0.717) is 6.54 Å². The maximum Gasteiger partial charge on any atom is 0.104 e. The molecule has 0 unspecified atom stereocenters. The first-order valence-corrected chi connectivity index (χ1v) is 7.13. The zero-order valence-electron chi connectivity index (χ0n) is 11.6. The number of likely N-dealkylation sites (tertiary alicyclic amines) is 1. The first kappa shape index (κ1) is 13.2. The summed E-state index contributed by atoms with van der Waals surface area (Å²) in [4.78, 5) is 6.53. The zero-order valence-corrected chi connectivity index (χ0v) is 11.6. The Morgan fingerprint density at radius 3 is 2.55 bits per heavy atom. The van der Waals surface area contributed by atoms with Gasteiger partial charge in [0.05, 0.1) is 12.2 Å². The molecule has 1 saturated heterocycles. The van der Waals surface area contributed by atoms with Gasteiger partial charge in [0.25, 0.3) is 0 Å². The number of hydrogen-bond acceptors (Lipinski definition) is 5. The van der Waals surface area contributed by atoms with Gasteiger partial charge in [-0.15, -0.1) is 5.10 Å². The molecule has 1 fully saturated rings. The van der Waals surface area contributed by atoms with Crippen LogP contribution in [0.1, 0.15) is 18.5 Å². The van der Waals surface area contributed by atoms with Crippen LogP contribution in [-0.2, 0) is 13.1 Å². The van der Waals surface area contributed by atoms with E-state index in [4.69, 9.17) is 5.73 Å². The second-order valence-corrected chi connectivity index (χ2v) is 5.10. The van der Waals surface area contributed by atoms with Gasteiger partial charge >= 0.3 is 0 Å². The maximum atomic E-state index is 5.78. The summed E-state index contributed by atoms with van der Waals surface area (Å²) in [6.45, 7) is 4.67. The molecule has 20 heavy (non-hydrogen) atoms. The van der Waals surface area contributed by atoms with Crippen molar-refractivity contribution in [2.75, 3.05) is 19.6 Å². The number of nitrogens with zero attached hydrogens (tertiary/aromatic N) is 5. The SMILES string of the molecule is NCc1nnn(CCN2CCCC2)c1-c1ccncc1. The van der Waals surface area contributed by atoms with Crippen LogP contribution in [0.15, 0.2) is 24.5 Å². The highest BCUT2D eigenvalue weighted by Gasteiger charge is 2.16. The molecule has 0 radical (unpaired) electrons. The average molecular weight is 272 g/mol. The van der Waals surface area contributed by atoms with E-state index in [9.17, 15) is 0 Å². The van der Waals surface area contributed by atoms with E-state index >= 15 is 0 Å². The van der Waals surface area contributed by atoms with Crippen molar-refractivity contribution in [2.24, 2.45) is 5.73 Å². The molecule has 0 saturated carbocycles. The van der Waals surface area contributed by atoms with Crippen molar-refractivity contribution in [1.82, 2.24) is 24.9 Å². The standard InChI is InChI=1S/C14H20N6/c15-11-13-14(12-3-5-16-6-4-12)20(18-17-13)10-9-19-7-1-2-8-19/h3-6H,1-2,7-11,15H2. The molecule has 2 N–H and O–H groups in total. The average Bonchev–Trinajstić information content (AvgIpc) is 3.15. The van der Waals surface area contributed by atoms with Crippen LogP contribution in [0.4, 0.5) is 0 Å². The first-order valence-electron chi connectivity index (χ1n) is 7.13. The van der Waals surface area contributed by atoms with Gasteiger partial charge in [0.1, 0.15) is 5.69 Å². The Bertz CT molecular complexity index is 544. The normalized spacial score (nSPS) is 15.8. The highest BCUT2D eigenvalue weighted by Crippen LogP contribution is 2.21. The van der Waals surface area contributed by atoms with Crippen molar-refractivity contribution >= 4 is 0 Å². The largest absolute Gasteiger partial charge is 0.325 e. The van der Waals surface area contributed by atoms with E-state index in [-0.39, 0.29) is 0 Å². The molecule has 6 heteroatoms. The zero-order chi connectivity index (χ0) is 13.8. The topological polar surface area (TPSA) is 72.9 Å². The third kappa shape index (κ3) is 2.71. The van der Waals surface area contributed by atoms with Gasteiger partial charge in [-0.05, 0) is 38.1 Å². The van der Waals surface area contributed by atoms with Crippen LogP contribution in [0.2, 0.25) is 0 Å². The fraction of sp³-hybridized carbons (Fsp3) is 0.500. The van der Waals surface area contributed by atoms with Crippen LogP contribution in [0.25, 0.3) is 11.3 Å². The third-order valence-corrected chi connectivity index (χ3v) is 3.78. The van der Waals surface area contributed by atoms with Crippen LogP contribution in [0.3, 0.4) is 0 Å². The lowest BCUT2D eigenvalue weighted by atomic mass is 10.1. The van der Waals surface area contributed by atoms with Gasteiger partial charge in [0.15, 0.2) is 0 Å². The van der Waals surface area contributed by atoms with Crippen LogP contribution in [-0.4, -0.2) is 44.5 Å². The number of aromatic nitrogens is 4. The van der Waals surface area contributed by atoms with Crippen LogP contribution >= 0.6 is 0 Å². The molecule has 0 aromatic carbocycles. The summed E-state index contributed by atoms with van der Waals surface area (Å²) < 4.78 is 1.97. The van der Waals surface area contributed by atoms with Gasteiger partial charge in [-0.3, -0.25) is 4.98 Å². The van der Waals surface area contributed by atoms with E-state index in [1.54, 1.807) is 12.4 Å². The molecule has 6 nitrogen and oxygen atoms in total. The van der Waals surface area contributed by atoms with Crippen molar-refractivity contribution < 1.29 is 0 Å². The van der Waals surface area contributed by atoms with Crippen LogP contribution in [0, 0.1) is 0 Å². The summed E-state index contributed by atoms with van der Waals surface area (Å²) in [6, 6.07) is 3.95. The quantitative estimate of drug-likeness (QED) is 0.875. The third-order valence-electron chi connectivity index (χ3n) is 3.78. The Kier molecular flexibility index (Phi) is 4.03. The Morgan fingerprint density at radius 1 is 1.10 bits per heavy atom. The fourth-order valence-corrected chi connectivity index (χ4v) is 2.71. The second-order valence-electron chi connectivity index (χ2n) is 5.10. The van der Waals surface area contributed by atoms with Gasteiger partial charge < -0.3 is 10.6 Å². The van der Waals surface area contributed by atoms with Crippen molar-refractivity contribution in [3.8, 4) is 11.3 Å². The molecule has 1 aliphatic heterocycles. The highest BCUT2D eigenvalue weighted by molar-refractivity contribution is 5.61. The number of rotatable bonds is 5. The molecule has 3 heterocycles. The molecule has 2 aromatic heterocycles. The Morgan fingerprint density at radius 2 is 1.85 bits per heavy atom. The molecule has 0 bridgehead atoms. The number of pyridine rings is 1. The summed E-state index contributed by atoms with van der Waals surface area (Å²) in [5.74, 6) is 0. The van der Waals surface area contributed by atoms with Gasteiger partial charge in [-0.25, -0.2) is 4.68 Å². The number of hydrogen-bond donors (Lipinski definition) is 1. The monoisotopic (exact) mass is 272 g/mol. The van der Waals surface area contributed by atoms with E-state index in [0.717, 1.165) is 30.0 Å². The van der Waals surface area contributed by atoms with Gasteiger partial charge in [0, 0.05) is 31.0 Å². The molecule has 1 aliphatic rings. The van der Waals surface area contributed by atoms with E-state index < -0.39 is 0 Å². The summed E-state index contributed by atoms with van der Waals surface area (Å²) in [5, 5.41) is 8.47. The molecule has 0 amide bonds. The van der Waals surface area contributed by atoms with E-state index in [1.807, 2.05) is 16.8 Å². The Labute approximate surface area is 118 Å². The fourth-order valence-electron chi connectivity index (χ4n) is 2.71. The second kappa shape index (κ2) is 6.11. The summed E-state index contributed by atoms with van der Waals surface area (Å²) >= 11 is 0. The van der Waals surface area contributed by atoms with Crippen LogP contribution < -0.4 is 5.73 Å². The van der Waals surface area contributed by atoms with E-state index in [2.05, 4.69) is 20.2 Å². The lowest BCUT2D eigenvalue weighted by Gasteiger charge is -2.15. The maximum absolute atomic E-state index is 5.78. The van der Waals surface area contributed by atoms with Crippen LogP contribution in [0.5, 0.6) is 0 Å². The molecule has 0 aliphatic carbocycles. The lowest BCUT2D eigenvalue weighted by molar-refractivity contribution is 0.315. The molecule has 106 valence electrons. The smallest absolute Gasteiger partial charge is 0.104 e. The molecular formula is C14H20N6. The van der Waals surface area contributed by atoms with Gasteiger partial charge in [0.2, 0.25) is 0 Å². The van der Waals surface area contributed by atoms with E-state index in [1.165, 1.54) is 25.9 Å². The molecular weight excluding hydrogens is 252 g/mol. The minimum atomic E-state index is 0.404. The predicted octanol–water partition coefficient (Wildman–Crippen LogP) is 0.895. The van der Waals surface area contributed by atoms with Crippen molar-refractivity contribution in [1.29, 1.82) is 0 Å².